The third-order valence-corrected chi connectivity index (χ3v) is 6.89. The van der Waals surface area contributed by atoms with Crippen LogP contribution in [0.1, 0.15) is 65.8 Å². The van der Waals surface area contributed by atoms with Gasteiger partial charge in [0.1, 0.15) is 18.1 Å². The van der Waals surface area contributed by atoms with Crippen LogP contribution in [0.5, 0.6) is 17.2 Å². The van der Waals surface area contributed by atoms with Gasteiger partial charge in [-0.1, -0.05) is 26.7 Å². The fourth-order valence-electron chi connectivity index (χ4n) is 4.28. The first-order chi connectivity index (χ1) is 22.9. The largest absolute Gasteiger partial charge is 0.494 e. The second kappa shape index (κ2) is 20.5. The number of hydrogen-bond acceptors (Lipinski definition) is 9. The molecular formula is C36H46N2O9. The van der Waals surface area contributed by atoms with Crippen LogP contribution in [0.2, 0.25) is 0 Å². The molecule has 3 aromatic carbocycles. The highest BCUT2D eigenvalue weighted by molar-refractivity contribution is 6.08. The molecular weight excluding hydrogens is 604 g/mol. The molecule has 0 fully saturated rings. The van der Waals surface area contributed by atoms with Crippen molar-refractivity contribution in [2.45, 2.75) is 46.0 Å². The number of ether oxygens (including phenoxy) is 6. The van der Waals surface area contributed by atoms with Crippen LogP contribution in [-0.2, 0) is 25.4 Å². The Hall–Kier alpha value is -4.61. The third kappa shape index (κ3) is 12.6. The molecule has 0 saturated carbocycles. The predicted octanol–water partition coefficient (Wildman–Crippen LogP) is 6.31. The molecule has 0 aliphatic rings. The van der Waals surface area contributed by atoms with Crippen molar-refractivity contribution in [2.24, 2.45) is 0 Å². The van der Waals surface area contributed by atoms with Crippen LogP contribution in [0, 0.1) is 0 Å². The van der Waals surface area contributed by atoms with Crippen LogP contribution < -0.4 is 24.8 Å². The first kappa shape index (κ1) is 36.9. The van der Waals surface area contributed by atoms with Crippen molar-refractivity contribution in [3.05, 3.63) is 77.4 Å². The van der Waals surface area contributed by atoms with E-state index in [1.807, 2.05) is 0 Å². The molecule has 2 N–H and O–H groups in total. The van der Waals surface area contributed by atoms with Crippen molar-refractivity contribution in [1.29, 1.82) is 0 Å². The number of esters is 1. The molecule has 254 valence electrons. The molecule has 2 amide bonds. The van der Waals surface area contributed by atoms with E-state index < -0.39 is 17.8 Å². The van der Waals surface area contributed by atoms with E-state index in [4.69, 9.17) is 28.4 Å². The normalized spacial score (nSPS) is 10.6. The summed E-state index contributed by atoms with van der Waals surface area (Å²) < 4.78 is 33.0. The number of carbonyl (C=O) groups excluding carboxylic acids is 3. The molecule has 0 saturated heterocycles. The van der Waals surface area contributed by atoms with E-state index in [0.717, 1.165) is 25.7 Å². The van der Waals surface area contributed by atoms with Crippen LogP contribution in [0.15, 0.2) is 60.7 Å². The maximum absolute atomic E-state index is 13.4. The average molecular weight is 651 g/mol. The Kier molecular flexibility index (Phi) is 16.1. The number of methoxy groups -OCH3 is 2. The summed E-state index contributed by atoms with van der Waals surface area (Å²) >= 11 is 0. The van der Waals surface area contributed by atoms with Crippen molar-refractivity contribution in [1.82, 2.24) is 0 Å². The molecule has 0 heterocycles. The van der Waals surface area contributed by atoms with Gasteiger partial charge in [0.25, 0.3) is 11.8 Å². The Morgan fingerprint density at radius 3 is 1.55 bits per heavy atom. The number of nitrogens with one attached hydrogen (secondary N) is 2. The second-order valence-corrected chi connectivity index (χ2v) is 10.6. The number of hydrogen-bond donors (Lipinski definition) is 2. The standard InChI is InChI=1S/C36H46N2O9/c1-5-7-17-45-29-13-9-27(10-14-29)35(40)37-31-23-26(25-33(39)43-4)24-32(34(31)47-22-21-44-20-19-42-3)38-36(41)28-11-15-30(16-12-28)46-18-8-6-2/h9-16,23-24H,5-8,17-22,25H2,1-4H3,(H,37,40)(H,38,41). The number of carbonyl (C=O) groups is 3. The van der Waals surface area contributed by atoms with Crippen molar-refractivity contribution in [3.63, 3.8) is 0 Å². The number of anilines is 2. The van der Waals surface area contributed by atoms with Gasteiger partial charge in [-0.15, -0.1) is 0 Å². The monoisotopic (exact) mass is 650 g/mol. The summed E-state index contributed by atoms with van der Waals surface area (Å²) in [5.74, 6) is 0.206. The van der Waals surface area contributed by atoms with Gasteiger partial charge >= 0.3 is 5.97 Å². The van der Waals surface area contributed by atoms with Gasteiger partial charge in [-0.05, 0) is 79.1 Å². The highest BCUT2D eigenvalue weighted by Crippen LogP contribution is 2.36. The first-order valence-electron chi connectivity index (χ1n) is 15.9. The molecule has 0 aliphatic heterocycles. The Balaban J connectivity index is 1.91. The smallest absolute Gasteiger partial charge is 0.309 e. The van der Waals surface area contributed by atoms with Gasteiger partial charge in [-0.3, -0.25) is 14.4 Å². The Bertz CT molecular complexity index is 1320. The van der Waals surface area contributed by atoms with Crippen LogP contribution in [0.3, 0.4) is 0 Å². The molecule has 0 spiro atoms. The molecule has 3 rings (SSSR count). The van der Waals surface area contributed by atoms with Gasteiger partial charge in [0.05, 0.1) is 57.9 Å². The summed E-state index contributed by atoms with van der Waals surface area (Å²) in [6.07, 6.45) is 3.80. The Morgan fingerprint density at radius 1 is 0.617 bits per heavy atom. The number of amides is 2. The zero-order valence-electron chi connectivity index (χ0n) is 27.7. The summed E-state index contributed by atoms with van der Waals surface area (Å²) in [4.78, 5) is 39.1. The summed E-state index contributed by atoms with van der Waals surface area (Å²) in [5.41, 5.74) is 1.77. The molecule has 0 radical (unpaired) electrons. The highest BCUT2D eigenvalue weighted by atomic mass is 16.5. The van der Waals surface area contributed by atoms with Gasteiger partial charge in [0.15, 0.2) is 5.75 Å². The lowest BCUT2D eigenvalue weighted by molar-refractivity contribution is -0.139. The summed E-state index contributed by atoms with van der Waals surface area (Å²) in [7, 11) is 2.87. The van der Waals surface area contributed by atoms with Crippen molar-refractivity contribution in [3.8, 4) is 17.2 Å². The third-order valence-electron chi connectivity index (χ3n) is 6.89. The number of unbranched alkanes of at least 4 members (excludes halogenated alkanes) is 2. The van der Waals surface area contributed by atoms with Crippen LogP contribution in [0.4, 0.5) is 11.4 Å². The molecule has 11 nitrogen and oxygen atoms in total. The second-order valence-electron chi connectivity index (χ2n) is 10.6. The van der Waals surface area contributed by atoms with E-state index >= 15 is 0 Å². The number of rotatable bonds is 21. The lowest BCUT2D eigenvalue weighted by Gasteiger charge is -2.19. The van der Waals surface area contributed by atoms with E-state index in [0.29, 0.717) is 54.6 Å². The molecule has 0 aromatic heterocycles. The molecule has 47 heavy (non-hydrogen) atoms. The summed E-state index contributed by atoms with van der Waals surface area (Å²) in [6, 6.07) is 16.8. The maximum atomic E-state index is 13.4. The van der Waals surface area contributed by atoms with Gasteiger partial charge in [-0.2, -0.15) is 0 Å². The zero-order chi connectivity index (χ0) is 33.9. The Morgan fingerprint density at radius 2 is 1.11 bits per heavy atom. The molecule has 0 bridgehead atoms. The average Bonchev–Trinajstić information content (AvgIpc) is 3.08. The van der Waals surface area contributed by atoms with Gasteiger partial charge in [0, 0.05) is 18.2 Å². The molecule has 11 heteroatoms. The van der Waals surface area contributed by atoms with E-state index in [1.54, 1.807) is 67.8 Å². The lowest BCUT2D eigenvalue weighted by atomic mass is 10.1. The zero-order valence-corrected chi connectivity index (χ0v) is 27.7. The van der Waals surface area contributed by atoms with Gasteiger partial charge in [0.2, 0.25) is 0 Å². The van der Waals surface area contributed by atoms with E-state index in [9.17, 15) is 14.4 Å². The Labute approximate surface area is 276 Å². The van der Waals surface area contributed by atoms with Crippen LogP contribution >= 0.6 is 0 Å². The van der Waals surface area contributed by atoms with Crippen LogP contribution in [0.25, 0.3) is 0 Å². The lowest BCUT2D eigenvalue weighted by Crippen LogP contribution is -2.18. The van der Waals surface area contributed by atoms with Crippen molar-refractivity contribution in [2.75, 3.05) is 64.5 Å². The van der Waals surface area contributed by atoms with E-state index in [2.05, 4.69) is 24.5 Å². The van der Waals surface area contributed by atoms with E-state index in [1.165, 1.54) is 7.11 Å². The van der Waals surface area contributed by atoms with Crippen molar-refractivity contribution < 1.29 is 42.8 Å². The van der Waals surface area contributed by atoms with E-state index in [-0.39, 0.29) is 36.8 Å². The minimum absolute atomic E-state index is 0.101. The van der Waals surface area contributed by atoms with Crippen LogP contribution in [-0.4, -0.2) is 71.6 Å². The SMILES string of the molecule is CCCCOc1ccc(C(=O)Nc2cc(CC(=O)OC)cc(NC(=O)c3ccc(OCCCC)cc3)c2OCCOCCOC)cc1. The number of benzene rings is 3. The molecule has 0 unspecified atom stereocenters. The van der Waals surface area contributed by atoms with Crippen molar-refractivity contribution >= 4 is 29.2 Å². The molecule has 0 atom stereocenters. The minimum atomic E-state index is -0.489. The summed E-state index contributed by atoms with van der Waals surface area (Å²) in [5, 5.41) is 5.78. The predicted molar refractivity (Wildman–Crippen MR) is 180 cm³/mol. The topological polar surface area (TPSA) is 131 Å². The fraction of sp³-hybridized carbons (Fsp3) is 0.417. The minimum Gasteiger partial charge on any atom is -0.494 e. The maximum Gasteiger partial charge on any atom is 0.309 e. The highest BCUT2D eigenvalue weighted by Gasteiger charge is 2.20. The quantitative estimate of drug-likeness (QED) is 0.101. The molecule has 0 aliphatic carbocycles. The van der Waals surface area contributed by atoms with Gasteiger partial charge < -0.3 is 39.1 Å². The van der Waals surface area contributed by atoms with Gasteiger partial charge in [-0.25, -0.2) is 0 Å². The fourth-order valence-corrected chi connectivity index (χ4v) is 4.28. The molecule has 3 aromatic rings. The first-order valence-corrected chi connectivity index (χ1v) is 15.9. The summed E-state index contributed by atoms with van der Waals surface area (Å²) in [6.45, 7) is 6.50.